The summed E-state index contributed by atoms with van der Waals surface area (Å²) in [4.78, 5) is 33.2. The van der Waals surface area contributed by atoms with Crippen LogP contribution in [0.15, 0.2) is 109 Å². The molecule has 222 valence electrons. The van der Waals surface area contributed by atoms with E-state index in [1.54, 1.807) is 32.2 Å². The zero-order valence-corrected chi connectivity index (χ0v) is 26.5. The number of ether oxygens (including phenoxy) is 3. The molecule has 0 saturated heterocycles. The van der Waals surface area contributed by atoms with Gasteiger partial charge in [0.15, 0.2) is 16.3 Å². The maximum atomic E-state index is 14.2. The van der Waals surface area contributed by atoms with Crippen LogP contribution in [0.5, 0.6) is 11.5 Å². The van der Waals surface area contributed by atoms with Gasteiger partial charge in [-0.1, -0.05) is 75.8 Å². The first-order valence-electron chi connectivity index (χ1n) is 13.8. The standard InChI is InChI=1S/C34H27BrN2O6S/c1-4-42-33(39)29-30(20-9-6-5-7-10-20)36-34-37(31(29)22-13-15-26(40-2)27(18-22)41-3)32(38)28(44-34)19-24-14-16-25(43-24)21-11-8-12-23(35)17-21/h5-19,31H,4H2,1-3H3/b28-19-. The molecule has 44 heavy (non-hydrogen) atoms. The van der Waals surface area contributed by atoms with E-state index < -0.39 is 12.0 Å². The van der Waals surface area contributed by atoms with Crippen molar-refractivity contribution in [1.82, 2.24) is 4.57 Å². The van der Waals surface area contributed by atoms with E-state index in [1.165, 1.54) is 23.0 Å². The van der Waals surface area contributed by atoms with Gasteiger partial charge in [-0.15, -0.1) is 0 Å². The number of hydrogen-bond donors (Lipinski definition) is 0. The van der Waals surface area contributed by atoms with Gasteiger partial charge >= 0.3 is 5.97 Å². The molecule has 1 atom stereocenters. The van der Waals surface area contributed by atoms with Crippen LogP contribution < -0.4 is 24.4 Å². The topological polar surface area (TPSA) is 92.3 Å². The molecule has 1 aliphatic heterocycles. The van der Waals surface area contributed by atoms with Gasteiger partial charge in [0.05, 0.1) is 42.7 Å². The van der Waals surface area contributed by atoms with Crippen molar-refractivity contribution >= 4 is 45.0 Å². The van der Waals surface area contributed by atoms with Crippen molar-refractivity contribution in [3.8, 4) is 22.8 Å². The number of esters is 1. The van der Waals surface area contributed by atoms with Gasteiger partial charge in [0, 0.05) is 21.7 Å². The normalized spacial score (nSPS) is 14.6. The summed E-state index contributed by atoms with van der Waals surface area (Å²) in [5.41, 5.74) is 2.63. The summed E-state index contributed by atoms with van der Waals surface area (Å²) in [5, 5.41) is 0. The molecule has 8 nitrogen and oxygen atoms in total. The SMILES string of the molecule is CCOC(=O)C1=C(c2ccccc2)N=c2s/c(=C\c3ccc(-c4cccc(Br)c4)o3)c(=O)n2C1c1ccc(OC)c(OC)c1. The number of benzene rings is 3. The Balaban J connectivity index is 1.58. The lowest BCUT2D eigenvalue weighted by molar-refractivity contribution is -0.138. The molecule has 0 radical (unpaired) electrons. The third-order valence-electron chi connectivity index (χ3n) is 7.11. The minimum atomic E-state index is -0.851. The summed E-state index contributed by atoms with van der Waals surface area (Å²) in [5.74, 6) is 1.61. The number of carbonyl (C=O) groups is 1. The molecule has 10 heteroatoms. The summed E-state index contributed by atoms with van der Waals surface area (Å²) in [6.45, 7) is 1.90. The Bertz CT molecular complexity index is 2080. The van der Waals surface area contributed by atoms with Crippen molar-refractivity contribution in [2.75, 3.05) is 20.8 Å². The number of rotatable bonds is 8. The Kier molecular flexibility index (Phi) is 8.36. The average Bonchev–Trinajstić information content (AvgIpc) is 3.64. The lowest BCUT2D eigenvalue weighted by atomic mass is 9.93. The van der Waals surface area contributed by atoms with Crippen LogP contribution in [0.1, 0.15) is 29.9 Å². The maximum absolute atomic E-state index is 14.2. The molecular formula is C34H27BrN2O6S. The van der Waals surface area contributed by atoms with Crippen molar-refractivity contribution in [2.45, 2.75) is 13.0 Å². The summed E-state index contributed by atoms with van der Waals surface area (Å²) < 4.78 is 25.6. The Morgan fingerprint density at radius 2 is 1.75 bits per heavy atom. The lowest BCUT2D eigenvalue weighted by Crippen LogP contribution is -2.40. The van der Waals surface area contributed by atoms with Crippen molar-refractivity contribution < 1.29 is 23.4 Å². The van der Waals surface area contributed by atoms with Crippen LogP contribution >= 0.6 is 27.3 Å². The number of carbonyl (C=O) groups excluding carboxylic acids is 1. The zero-order valence-electron chi connectivity index (χ0n) is 24.1. The van der Waals surface area contributed by atoms with Crippen LogP contribution in [0.4, 0.5) is 0 Å². The molecule has 0 aliphatic carbocycles. The molecule has 1 aliphatic rings. The third kappa shape index (κ3) is 5.54. The van der Waals surface area contributed by atoms with E-state index >= 15 is 0 Å². The summed E-state index contributed by atoms with van der Waals surface area (Å²) in [7, 11) is 3.09. The summed E-state index contributed by atoms with van der Waals surface area (Å²) >= 11 is 4.72. The fraction of sp³-hybridized carbons (Fsp3) is 0.147. The van der Waals surface area contributed by atoms with Gasteiger partial charge in [0.2, 0.25) is 0 Å². The molecular weight excluding hydrogens is 644 g/mol. The number of thiazole rings is 1. The number of hydrogen-bond acceptors (Lipinski definition) is 8. The number of aromatic nitrogens is 1. The molecule has 3 aromatic carbocycles. The summed E-state index contributed by atoms with van der Waals surface area (Å²) in [6, 6.07) is 25.4. The molecule has 1 unspecified atom stereocenters. The predicted octanol–water partition coefficient (Wildman–Crippen LogP) is 5.98. The van der Waals surface area contributed by atoms with E-state index in [0.717, 1.165) is 15.6 Å². The highest BCUT2D eigenvalue weighted by Crippen LogP contribution is 2.38. The number of halogens is 1. The Morgan fingerprint density at radius 3 is 2.48 bits per heavy atom. The minimum Gasteiger partial charge on any atom is -0.493 e. The fourth-order valence-electron chi connectivity index (χ4n) is 5.14. The molecule has 2 aromatic heterocycles. The Morgan fingerprint density at radius 1 is 0.977 bits per heavy atom. The van der Waals surface area contributed by atoms with Crippen molar-refractivity contribution in [3.63, 3.8) is 0 Å². The highest BCUT2D eigenvalue weighted by atomic mass is 79.9. The van der Waals surface area contributed by atoms with Gasteiger partial charge in [-0.05, 0) is 48.9 Å². The highest BCUT2D eigenvalue weighted by Gasteiger charge is 2.35. The molecule has 0 amide bonds. The van der Waals surface area contributed by atoms with E-state index in [2.05, 4.69) is 15.9 Å². The molecule has 6 rings (SSSR count). The fourth-order valence-corrected chi connectivity index (χ4v) is 6.52. The average molecular weight is 672 g/mol. The largest absolute Gasteiger partial charge is 0.493 e. The van der Waals surface area contributed by atoms with E-state index in [1.807, 2.05) is 72.8 Å². The van der Waals surface area contributed by atoms with E-state index in [0.29, 0.717) is 43.6 Å². The van der Waals surface area contributed by atoms with Gasteiger partial charge in [0.25, 0.3) is 5.56 Å². The second kappa shape index (κ2) is 12.5. The van der Waals surface area contributed by atoms with E-state index in [9.17, 15) is 9.59 Å². The van der Waals surface area contributed by atoms with Crippen LogP contribution in [-0.2, 0) is 9.53 Å². The second-order valence-electron chi connectivity index (χ2n) is 9.76. The molecule has 0 saturated carbocycles. The third-order valence-corrected chi connectivity index (χ3v) is 8.58. The molecule has 0 spiro atoms. The number of methoxy groups -OCH3 is 2. The molecule has 0 bridgehead atoms. The minimum absolute atomic E-state index is 0.159. The van der Waals surface area contributed by atoms with E-state index in [4.69, 9.17) is 23.6 Å². The van der Waals surface area contributed by atoms with Gasteiger partial charge in [0.1, 0.15) is 11.5 Å². The number of nitrogens with zero attached hydrogens (tertiary/aromatic N) is 2. The first-order chi connectivity index (χ1) is 21.4. The lowest BCUT2D eigenvalue weighted by Gasteiger charge is -2.26. The zero-order chi connectivity index (χ0) is 30.8. The molecule has 0 N–H and O–H groups in total. The van der Waals surface area contributed by atoms with Crippen molar-refractivity contribution in [3.05, 3.63) is 132 Å². The van der Waals surface area contributed by atoms with Crippen LogP contribution in [0.25, 0.3) is 23.1 Å². The Hall–Kier alpha value is -4.67. The first kappa shape index (κ1) is 29.4. The van der Waals surface area contributed by atoms with Gasteiger partial charge in [-0.25, -0.2) is 9.79 Å². The van der Waals surface area contributed by atoms with Crippen molar-refractivity contribution in [1.29, 1.82) is 0 Å². The first-order valence-corrected chi connectivity index (χ1v) is 15.4. The quantitative estimate of drug-likeness (QED) is 0.189. The smallest absolute Gasteiger partial charge is 0.338 e. The van der Waals surface area contributed by atoms with E-state index in [-0.39, 0.29) is 17.7 Å². The number of fused-ring (bicyclic) bond motifs is 1. The van der Waals surface area contributed by atoms with Gasteiger partial charge < -0.3 is 18.6 Å². The summed E-state index contributed by atoms with van der Waals surface area (Å²) in [6.07, 6.45) is 1.70. The highest BCUT2D eigenvalue weighted by molar-refractivity contribution is 9.10. The molecule has 0 fully saturated rings. The van der Waals surface area contributed by atoms with Gasteiger partial charge in [-0.3, -0.25) is 9.36 Å². The molecule has 5 aromatic rings. The monoisotopic (exact) mass is 670 g/mol. The van der Waals surface area contributed by atoms with Crippen LogP contribution in [0, 0.1) is 0 Å². The van der Waals surface area contributed by atoms with Crippen LogP contribution in [0.2, 0.25) is 0 Å². The Labute approximate surface area is 265 Å². The van der Waals surface area contributed by atoms with Crippen LogP contribution in [-0.4, -0.2) is 31.4 Å². The predicted molar refractivity (Wildman–Crippen MR) is 172 cm³/mol. The van der Waals surface area contributed by atoms with Crippen molar-refractivity contribution in [2.24, 2.45) is 4.99 Å². The number of furan rings is 1. The van der Waals surface area contributed by atoms with Crippen LogP contribution in [0.3, 0.4) is 0 Å². The maximum Gasteiger partial charge on any atom is 0.338 e. The molecule has 3 heterocycles. The second-order valence-corrected chi connectivity index (χ2v) is 11.7. The van der Waals surface area contributed by atoms with Gasteiger partial charge in [-0.2, -0.15) is 0 Å².